The first kappa shape index (κ1) is 27.6. The normalized spacial score (nSPS) is 10.4. The van der Waals surface area contributed by atoms with E-state index in [0.29, 0.717) is 43.5 Å². The van der Waals surface area contributed by atoms with E-state index >= 15 is 0 Å². The molecule has 8 nitrogen and oxygen atoms in total. The van der Waals surface area contributed by atoms with E-state index in [1.54, 1.807) is 50.1 Å². The average molecular weight is 481 g/mol. The summed E-state index contributed by atoms with van der Waals surface area (Å²) >= 11 is 0. The van der Waals surface area contributed by atoms with Crippen LogP contribution in [0.1, 0.15) is 43.2 Å². The molecule has 0 aliphatic heterocycles. The molecule has 0 saturated carbocycles. The van der Waals surface area contributed by atoms with Crippen molar-refractivity contribution in [3.05, 3.63) is 59.7 Å². The van der Waals surface area contributed by atoms with Gasteiger partial charge in [0.2, 0.25) is 23.6 Å². The second-order valence-electron chi connectivity index (χ2n) is 8.93. The van der Waals surface area contributed by atoms with Crippen molar-refractivity contribution in [3.63, 3.8) is 0 Å². The first-order chi connectivity index (χ1) is 16.6. The van der Waals surface area contributed by atoms with E-state index in [0.717, 1.165) is 11.1 Å². The Hall–Kier alpha value is -3.68. The summed E-state index contributed by atoms with van der Waals surface area (Å²) in [4.78, 5) is 51.3. The smallest absolute Gasteiger partial charge is 0.224 e. The van der Waals surface area contributed by atoms with Crippen LogP contribution in [0.2, 0.25) is 0 Å². The number of aryl methyl sites for hydroxylation is 2. The first-order valence-electron chi connectivity index (χ1n) is 11.8. The van der Waals surface area contributed by atoms with Crippen molar-refractivity contribution in [3.8, 4) is 0 Å². The van der Waals surface area contributed by atoms with Crippen LogP contribution in [0.15, 0.2) is 48.5 Å². The second kappa shape index (κ2) is 13.9. The Labute approximate surface area is 207 Å². The van der Waals surface area contributed by atoms with Crippen LogP contribution < -0.4 is 10.6 Å². The van der Waals surface area contributed by atoms with Gasteiger partial charge in [-0.1, -0.05) is 24.3 Å². The summed E-state index contributed by atoms with van der Waals surface area (Å²) in [5, 5.41) is 5.72. The summed E-state index contributed by atoms with van der Waals surface area (Å²) in [7, 11) is 6.92. The lowest BCUT2D eigenvalue weighted by molar-refractivity contribution is -0.129. The van der Waals surface area contributed by atoms with Crippen LogP contribution in [0.3, 0.4) is 0 Å². The molecule has 0 saturated heterocycles. The fourth-order valence-corrected chi connectivity index (χ4v) is 3.42. The highest BCUT2D eigenvalue weighted by Crippen LogP contribution is 2.15. The van der Waals surface area contributed by atoms with Gasteiger partial charge < -0.3 is 20.4 Å². The van der Waals surface area contributed by atoms with Crippen LogP contribution in [-0.4, -0.2) is 61.6 Å². The van der Waals surface area contributed by atoms with Gasteiger partial charge in [0.15, 0.2) is 0 Å². The third-order valence-electron chi connectivity index (χ3n) is 5.48. The Bertz CT molecular complexity index is 952. The molecule has 0 aliphatic rings. The molecule has 8 heteroatoms. The molecule has 35 heavy (non-hydrogen) atoms. The van der Waals surface area contributed by atoms with Crippen LogP contribution in [0, 0.1) is 0 Å². The minimum Gasteiger partial charge on any atom is -0.349 e. The third kappa shape index (κ3) is 10.4. The summed E-state index contributed by atoms with van der Waals surface area (Å²) in [5.74, 6) is -0.202. The fourth-order valence-electron chi connectivity index (χ4n) is 3.42. The molecule has 0 unspecified atom stereocenters. The van der Waals surface area contributed by atoms with E-state index in [1.807, 2.05) is 36.4 Å². The number of rotatable bonds is 12. The number of carbonyl (C=O) groups is 4. The Balaban J connectivity index is 1.74. The number of nitrogens with one attached hydrogen (secondary N) is 2. The van der Waals surface area contributed by atoms with Crippen molar-refractivity contribution in [2.24, 2.45) is 0 Å². The zero-order chi connectivity index (χ0) is 25.8. The van der Waals surface area contributed by atoms with Gasteiger partial charge in [-0.25, -0.2) is 0 Å². The molecule has 2 aromatic rings. The lowest BCUT2D eigenvalue weighted by atomic mass is 10.1. The molecule has 188 valence electrons. The molecule has 4 amide bonds. The molecule has 0 aliphatic carbocycles. The van der Waals surface area contributed by atoms with Crippen molar-refractivity contribution in [1.82, 2.24) is 9.80 Å². The molecule has 0 aromatic heterocycles. The van der Waals surface area contributed by atoms with Gasteiger partial charge in [0, 0.05) is 65.2 Å². The second-order valence-corrected chi connectivity index (χ2v) is 8.93. The summed E-state index contributed by atoms with van der Waals surface area (Å²) < 4.78 is 0. The van der Waals surface area contributed by atoms with E-state index in [2.05, 4.69) is 10.6 Å². The summed E-state index contributed by atoms with van der Waals surface area (Å²) in [6.07, 6.45) is 2.91. The zero-order valence-electron chi connectivity index (χ0n) is 21.1. The molecular weight excluding hydrogens is 444 g/mol. The maximum absolute atomic E-state index is 12.3. The van der Waals surface area contributed by atoms with Gasteiger partial charge in [-0.05, 0) is 54.7 Å². The number of carbonyl (C=O) groups excluding carboxylic acids is 4. The summed E-state index contributed by atoms with van der Waals surface area (Å²) in [5.41, 5.74) is 3.31. The zero-order valence-corrected chi connectivity index (χ0v) is 21.1. The Morgan fingerprint density at radius 3 is 1.40 bits per heavy atom. The molecule has 0 radical (unpaired) electrons. The molecule has 0 heterocycles. The van der Waals surface area contributed by atoms with E-state index in [1.165, 1.54) is 0 Å². The van der Waals surface area contributed by atoms with Gasteiger partial charge in [-0.2, -0.15) is 0 Å². The topological polar surface area (TPSA) is 98.8 Å². The van der Waals surface area contributed by atoms with Crippen LogP contribution in [-0.2, 0) is 32.0 Å². The van der Waals surface area contributed by atoms with Crippen LogP contribution in [0.5, 0.6) is 0 Å². The number of anilines is 2. The monoisotopic (exact) mass is 480 g/mol. The Kier molecular flexibility index (Phi) is 10.9. The van der Waals surface area contributed by atoms with Gasteiger partial charge >= 0.3 is 0 Å². The number of nitrogens with zero attached hydrogens (tertiary/aromatic N) is 2. The molecule has 2 N–H and O–H groups in total. The van der Waals surface area contributed by atoms with E-state index in [-0.39, 0.29) is 36.5 Å². The van der Waals surface area contributed by atoms with Crippen molar-refractivity contribution in [1.29, 1.82) is 0 Å². The Morgan fingerprint density at radius 2 is 1.03 bits per heavy atom. The van der Waals surface area contributed by atoms with E-state index in [9.17, 15) is 19.2 Å². The third-order valence-corrected chi connectivity index (χ3v) is 5.48. The lowest BCUT2D eigenvalue weighted by Crippen LogP contribution is -2.21. The molecular formula is C27H36N4O4. The molecule has 2 aromatic carbocycles. The summed E-state index contributed by atoms with van der Waals surface area (Å²) in [6.45, 7) is 0. The molecule has 0 atom stereocenters. The maximum Gasteiger partial charge on any atom is 0.224 e. The minimum atomic E-state index is -0.160. The molecule has 0 fully saturated rings. The highest BCUT2D eigenvalue weighted by molar-refractivity contribution is 5.93. The number of hydrogen-bond acceptors (Lipinski definition) is 4. The van der Waals surface area contributed by atoms with Gasteiger partial charge in [-0.15, -0.1) is 0 Å². The maximum atomic E-state index is 12.3. The SMILES string of the molecule is CN(C)C(=O)CCc1cccc(NC(=O)CCCC(=O)Nc2cccc(CCC(=O)N(C)C)c2)c1. The predicted octanol–water partition coefficient (Wildman–Crippen LogP) is 3.48. The Morgan fingerprint density at radius 1 is 0.629 bits per heavy atom. The number of benzene rings is 2. The van der Waals surface area contributed by atoms with Crippen LogP contribution >= 0.6 is 0 Å². The molecule has 2 rings (SSSR count). The van der Waals surface area contributed by atoms with Gasteiger partial charge in [-0.3, -0.25) is 19.2 Å². The molecule has 0 bridgehead atoms. The van der Waals surface area contributed by atoms with Crippen molar-refractivity contribution in [2.45, 2.75) is 44.9 Å². The van der Waals surface area contributed by atoms with Crippen LogP contribution in [0.25, 0.3) is 0 Å². The van der Waals surface area contributed by atoms with Crippen molar-refractivity contribution < 1.29 is 19.2 Å². The van der Waals surface area contributed by atoms with Gasteiger partial charge in [0.05, 0.1) is 0 Å². The average Bonchev–Trinajstić information content (AvgIpc) is 2.81. The highest BCUT2D eigenvalue weighted by atomic mass is 16.2. The summed E-state index contributed by atoms with van der Waals surface area (Å²) in [6, 6.07) is 14.9. The standard InChI is InChI=1S/C27H36N4O4/c1-30(2)26(34)16-14-20-8-5-10-22(18-20)28-24(32)12-7-13-25(33)29-23-11-6-9-21(19-23)15-17-27(35)31(3)4/h5-6,8-11,18-19H,7,12-17H2,1-4H3,(H,28,32)(H,29,33). The van der Waals surface area contributed by atoms with Gasteiger partial charge in [0.25, 0.3) is 0 Å². The number of amides is 4. The lowest BCUT2D eigenvalue weighted by Gasteiger charge is -2.11. The van der Waals surface area contributed by atoms with Crippen molar-refractivity contribution in [2.75, 3.05) is 38.8 Å². The highest BCUT2D eigenvalue weighted by Gasteiger charge is 2.09. The number of hydrogen-bond donors (Lipinski definition) is 2. The largest absolute Gasteiger partial charge is 0.349 e. The van der Waals surface area contributed by atoms with Crippen molar-refractivity contribution >= 4 is 35.0 Å². The quantitative estimate of drug-likeness (QED) is 0.486. The minimum absolute atomic E-state index is 0.0591. The van der Waals surface area contributed by atoms with Crippen LogP contribution in [0.4, 0.5) is 11.4 Å². The van der Waals surface area contributed by atoms with Gasteiger partial charge in [0.1, 0.15) is 0 Å². The van der Waals surface area contributed by atoms with E-state index < -0.39 is 0 Å². The predicted molar refractivity (Wildman–Crippen MR) is 138 cm³/mol. The van der Waals surface area contributed by atoms with E-state index in [4.69, 9.17) is 0 Å². The molecule has 0 spiro atoms. The fraction of sp³-hybridized carbons (Fsp3) is 0.407. The first-order valence-corrected chi connectivity index (χ1v) is 11.8.